The molecule has 1 amide bonds. The SMILES string of the molecule is CC(C)(C(=O)O)N1C(=O)CNc2cc(C#N)ccc21. The topological polar surface area (TPSA) is 93.4 Å². The number of carbonyl (C=O) groups is 2. The van der Waals surface area contributed by atoms with Crippen LogP contribution in [0.25, 0.3) is 0 Å². The van der Waals surface area contributed by atoms with Crippen LogP contribution in [-0.2, 0) is 9.59 Å². The normalized spacial score (nSPS) is 14.4. The predicted molar refractivity (Wildman–Crippen MR) is 68.8 cm³/mol. The highest BCUT2D eigenvalue weighted by atomic mass is 16.4. The molecule has 98 valence electrons. The molecule has 1 heterocycles. The van der Waals surface area contributed by atoms with Crippen molar-refractivity contribution in [2.45, 2.75) is 19.4 Å². The quantitative estimate of drug-likeness (QED) is 0.831. The molecule has 6 nitrogen and oxygen atoms in total. The molecule has 2 rings (SSSR count). The Morgan fingerprint density at radius 2 is 2.21 bits per heavy atom. The van der Waals surface area contributed by atoms with Crippen molar-refractivity contribution in [3.63, 3.8) is 0 Å². The second kappa shape index (κ2) is 4.28. The molecule has 0 saturated carbocycles. The smallest absolute Gasteiger partial charge is 0.329 e. The number of anilines is 2. The number of fused-ring (bicyclic) bond motifs is 1. The Labute approximate surface area is 110 Å². The third-order valence-corrected chi connectivity index (χ3v) is 3.13. The summed E-state index contributed by atoms with van der Waals surface area (Å²) in [5.41, 5.74) is 0.173. The molecule has 0 unspecified atom stereocenters. The van der Waals surface area contributed by atoms with Gasteiger partial charge in [0.2, 0.25) is 5.91 Å². The fraction of sp³-hybridized carbons (Fsp3) is 0.308. The van der Waals surface area contributed by atoms with Crippen molar-refractivity contribution in [1.82, 2.24) is 0 Å². The van der Waals surface area contributed by atoms with E-state index in [9.17, 15) is 14.7 Å². The lowest BCUT2D eigenvalue weighted by Crippen LogP contribution is -2.56. The van der Waals surface area contributed by atoms with Gasteiger partial charge < -0.3 is 10.4 Å². The first kappa shape index (κ1) is 12.9. The van der Waals surface area contributed by atoms with Crippen LogP contribution in [0.4, 0.5) is 11.4 Å². The monoisotopic (exact) mass is 259 g/mol. The molecule has 19 heavy (non-hydrogen) atoms. The van der Waals surface area contributed by atoms with Gasteiger partial charge in [-0.15, -0.1) is 0 Å². The Bertz CT molecular complexity index is 602. The van der Waals surface area contributed by atoms with Gasteiger partial charge in [0.1, 0.15) is 5.54 Å². The lowest BCUT2D eigenvalue weighted by Gasteiger charge is -2.39. The molecule has 1 aromatic rings. The molecule has 0 atom stereocenters. The number of aliphatic carboxylic acids is 1. The fourth-order valence-corrected chi connectivity index (χ4v) is 2.03. The number of hydrogen-bond acceptors (Lipinski definition) is 4. The Morgan fingerprint density at radius 3 is 2.79 bits per heavy atom. The fourth-order valence-electron chi connectivity index (χ4n) is 2.03. The van der Waals surface area contributed by atoms with E-state index in [4.69, 9.17) is 5.26 Å². The number of carboxylic acid groups (broad SMARTS) is 1. The van der Waals surface area contributed by atoms with Gasteiger partial charge >= 0.3 is 5.97 Å². The minimum absolute atomic E-state index is 0.0125. The van der Waals surface area contributed by atoms with E-state index in [0.717, 1.165) is 0 Å². The van der Waals surface area contributed by atoms with E-state index >= 15 is 0 Å². The molecule has 0 aromatic heterocycles. The van der Waals surface area contributed by atoms with Crippen molar-refractivity contribution in [2.75, 3.05) is 16.8 Å². The second-order valence-electron chi connectivity index (χ2n) is 4.79. The molecule has 0 saturated heterocycles. The third kappa shape index (κ3) is 1.99. The number of carboxylic acids is 1. The molecule has 0 bridgehead atoms. The van der Waals surface area contributed by atoms with Crippen molar-refractivity contribution < 1.29 is 14.7 Å². The van der Waals surface area contributed by atoms with Crippen molar-refractivity contribution in [3.05, 3.63) is 23.8 Å². The van der Waals surface area contributed by atoms with Crippen molar-refractivity contribution in [2.24, 2.45) is 0 Å². The van der Waals surface area contributed by atoms with Crippen LogP contribution in [0.1, 0.15) is 19.4 Å². The summed E-state index contributed by atoms with van der Waals surface area (Å²) in [6, 6.07) is 6.75. The lowest BCUT2D eigenvalue weighted by atomic mass is 9.99. The number of rotatable bonds is 2. The van der Waals surface area contributed by atoms with Crippen LogP contribution in [0.2, 0.25) is 0 Å². The number of nitrogens with one attached hydrogen (secondary N) is 1. The van der Waals surface area contributed by atoms with Gasteiger partial charge in [-0.1, -0.05) is 0 Å². The summed E-state index contributed by atoms with van der Waals surface area (Å²) in [7, 11) is 0. The van der Waals surface area contributed by atoms with Gasteiger partial charge in [-0.3, -0.25) is 9.69 Å². The van der Waals surface area contributed by atoms with Crippen LogP contribution in [-0.4, -0.2) is 29.1 Å². The van der Waals surface area contributed by atoms with E-state index in [2.05, 4.69) is 5.32 Å². The first-order chi connectivity index (χ1) is 8.87. The number of amides is 1. The van der Waals surface area contributed by atoms with Crippen LogP contribution in [0.3, 0.4) is 0 Å². The van der Waals surface area contributed by atoms with Crippen LogP contribution >= 0.6 is 0 Å². The molecule has 2 N–H and O–H groups in total. The summed E-state index contributed by atoms with van der Waals surface area (Å²) in [5.74, 6) is -1.40. The Morgan fingerprint density at radius 1 is 1.53 bits per heavy atom. The maximum atomic E-state index is 12.0. The highest BCUT2D eigenvalue weighted by molar-refractivity contribution is 6.07. The van der Waals surface area contributed by atoms with Gasteiger partial charge in [0.25, 0.3) is 0 Å². The average molecular weight is 259 g/mol. The molecule has 1 aliphatic heterocycles. The van der Waals surface area contributed by atoms with Crippen LogP contribution in [0.5, 0.6) is 0 Å². The summed E-state index contributed by atoms with van der Waals surface area (Å²) < 4.78 is 0. The summed E-state index contributed by atoms with van der Waals surface area (Å²) in [6.07, 6.45) is 0. The van der Waals surface area contributed by atoms with Gasteiger partial charge in [0.15, 0.2) is 0 Å². The Balaban J connectivity index is 2.57. The molecule has 1 aromatic carbocycles. The van der Waals surface area contributed by atoms with Crippen LogP contribution in [0.15, 0.2) is 18.2 Å². The Kier molecular flexibility index (Phi) is 2.91. The number of nitriles is 1. The van der Waals surface area contributed by atoms with E-state index in [1.807, 2.05) is 6.07 Å². The van der Waals surface area contributed by atoms with Gasteiger partial charge in [0, 0.05) is 0 Å². The summed E-state index contributed by atoms with van der Waals surface area (Å²) in [4.78, 5) is 24.6. The standard InChI is InChI=1S/C13H13N3O3/c1-13(2,12(18)19)16-10-4-3-8(6-14)5-9(10)15-7-11(16)17/h3-5,15H,7H2,1-2H3,(H,18,19). The maximum Gasteiger partial charge on any atom is 0.329 e. The maximum absolute atomic E-state index is 12.0. The molecule has 1 aliphatic rings. The van der Waals surface area contributed by atoms with Crippen molar-refractivity contribution in [1.29, 1.82) is 5.26 Å². The van der Waals surface area contributed by atoms with Crippen LogP contribution in [0, 0.1) is 11.3 Å². The molecular weight excluding hydrogens is 246 g/mol. The van der Waals surface area contributed by atoms with Crippen molar-refractivity contribution >= 4 is 23.3 Å². The molecule has 0 aliphatic carbocycles. The molecule has 0 fully saturated rings. The van der Waals surface area contributed by atoms with E-state index in [1.54, 1.807) is 18.2 Å². The van der Waals surface area contributed by atoms with Gasteiger partial charge in [-0.25, -0.2) is 4.79 Å². The lowest BCUT2D eigenvalue weighted by molar-refractivity contribution is -0.143. The number of benzene rings is 1. The summed E-state index contributed by atoms with van der Waals surface area (Å²) in [6.45, 7) is 2.96. The zero-order valence-electron chi connectivity index (χ0n) is 10.6. The number of nitrogens with zero attached hydrogens (tertiary/aromatic N) is 2. The highest BCUT2D eigenvalue weighted by Crippen LogP contribution is 2.35. The highest BCUT2D eigenvalue weighted by Gasteiger charge is 2.41. The van der Waals surface area contributed by atoms with Crippen molar-refractivity contribution in [3.8, 4) is 6.07 Å². The van der Waals surface area contributed by atoms with Gasteiger partial charge in [-0.2, -0.15) is 5.26 Å². The zero-order valence-corrected chi connectivity index (χ0v) is 10.6. The number of carbonyl (C=O) groups excluding carboxylic acids is 1. The summed E-state index contributed by atoms with van der Waals surface area (Å²) in [5, 5.41) is 21.0. The first-order valence-electron chi connectivity index (χ1n) is 5.72. The average Bonchev–Trinajstić information content (AvgIpc) is 2.37. The predicted octanol–water partition coefficient (Wildman–Crippen LogP) is 1.18. The minimum atomic E-state index is -1.35. The summed E-state index contributed by atoms with van der Waals surface area (Å²) >= 11 is 0. The van der Waals surface area contributed by atoms with Gasteiger partial charge in [-0.05, 0) is 32.0 Å². The molecular formula is C13H13N3O3. The molecule has 0 spiro atoms. The molecule has 0 radical (unpaired) electrons. The largest absolute Gasteiger partial charge is 0.480 e. The zero-order chi connectivity index (χ0) is 14.2. The number of hydrogen-bond donors (Lipinski definition) is 2. The Hall–Kier alpha value is -2.55. The third-order valence-electron chi connectivity index (χ3n) is 3.13. The van der Waals surface area contributed by atoms with E-state index in [0.29, 0.717) is 16.9 Å². The van der Waals surface area contributed by atoms with E-state index in [-0.39, 0.29) is 12.5 Å². The second-order valence-corrected chi connectivity index (χ2v) is 4.79. The first-order valence-corrected chi connectivity index (χ1v) is 5.72. The van der Waals surface area contributed by atoms with E-state index in [1.165, 1.54) is 18.7 Å². The minimum Gasteiger partial charge on any atom is -0.480 e. The van der Waals surface area contributed by atoms with Crippen LogP contribution < -0.4 is 10.2 Å². The van der Waals surface area contributed by atoms with E-state index < -0.39 is 11.5 Å². The molecule has 6 heteroatoms. The van der Waals surface area contributed by atoms with Gasteiger partial charge in [0.05, 0.1) is 29.6 Å².